The third-order valence-corrected chi connectivity index (χ3v) is 4.14. The van der Waals surface area contributed by atoms with Gasteiger partial charge in [-0.1, -0.05) is 24.2 Å². The van der Waals surface area contributed by atoms with Gasteiger partial charge in [-0.2, -0.15) is 0 Å². The molecule has 124 valence electrons. The van der Waals surface area contributed by atoms with Crippen molar-refractivity contribution in [3.8, 4) is 0 Å². The van der Waals surface area contributed by atoms with Gasteiger partial charge in [-0.05, 0) is 32.1 Å². The van der Waals surface area contributed by atoms with Crippen molar-refractivity contribution in [3.05, 3.63) is 35.0 Å². The van der Waals surface area contributed by atoms with E-state index in [1.54, 1.807) is 6.07 Å². The van der Waals surface area contributed by atoms with Crippen molar-refractivity contribution in [2.24, 2.45) is 5.92 Å². The minimum atomic E-state index is -0.0888. The molecule has 1 fully saturated rings. The molecule has 6 heteroatoms. The maximum Gasteiger partial charge on any atom is 0.276 e. The van der Waals surface area contributed by atoms with E-state index in [2.05, 4.69) is 24.2 Å². The van der Waals surface area contributed by atoms with Gasteiger partial charge in [0, 0.05) is 25.1 Å². The fraction of sp³-hybridized carbons (Fsp3) is 0.588. The van der Waals surface area contributed by atoms with E-state index >= 15 is 0 Å². The van der Waals surface area contributed by atoms with E-state index in [4.69, 9.17) is 9.05 Å². The van der Waals surface area contributed by atoms with E-state index in [1.807, 2.05) is 17.9 Å². The number of aryl methyl sites for hydroxylation is 1. The molecular weight excluding hydrogens is 294 g/mol. The Morgan fingerprint density at radius 2 is 2.13 bits per heavy atom. The van der Waals surface area contributed by atoms with Crippen molar-refractivity contribution in [1.82, 2.24) is 15.2 Å². The number of carbonyl (C=O) groups excluding carboxylic acids is 1. The highest BCUT2D eigenvalue weighted by atomic mass is 16.5. The summed E-state index contributed by atoms with van der Waals surface area (Å²) in [6.07, 6.45) is 3.76. The van der Waals surface area contributed by atoms with Gasteiger partial charge < -0.3 is 13.9 Å². The van der Waals surface area contributed by atoms with Crippen LogP contribution in [0, 0.1) is 12.8 Å². The van der Waals surface area contributed by atoms with Gasteiger partial charge in [0.1, 0.15) is 17.2 Å². The lowest BCUT2D eigenvalue weighted by Gasteiger charge is -2.33. The summed E-state index contributed by atoms with van der Waals surface area (Å²) in [7, 11) is 0. The number of amides is 1. The van der Waals surface area contributed by atoms with Crippen molar-refractivity contribution >= 4 is 5.91 Å². The fourth-order valence-electron chi connectivity index (χ4n) is 3.08. The quantitative estimate of drug-likeness (QED) is 0.862. The molecule has 0 spiro atoms. The zero-order valence-electron chi connectivity index (χ0n) is 13.9. The summed E-state index contributed by atoms with van der Waals surface area (Å²) in [5, 5.41) is 8.07. The number of aromatic nitrogens is 2. The molecule has 1 aliphatic heterocycles. The summed E-state index contributed by atoms with van der Waals surface area (Å²) in [6.45, 7) is 6.79. The number of carbonyl (C=O) groups is 1. The van der Waals surface area contributed by atoms with E-state index < -0.39 is 0 Å². The molecule has 3 heterocycles. The standard InChI is InChI=1S/C17H23N3O3/c1-11(2)8-13-10-15(19-23-13)17(21)20-7-5-4-6-16(20)14-9-12(3)22-18-14/h9-11,16H,4-8H2,1-3H3. The van der Waals surface area contributed by atoms with Gasteiger partial charge in [0.05, 0.1) is 6.04 Å². The lowest BCUT2D eigenvalue weighted by molar-refractivity contribution is 0.0591. The highest BCUT2D eigenvalue weighted by Gasteiger charge is 2.32. The summed E-state index contributed by atoms with van der Waals surface area (Å²) >= 11 is 0. The second-order valence-corrected chi connectivity index (χ2v) is 6.65. The molecule has 1 atom stereocenters. The Balaban J connectivity index is 1.79. The second kappa shape index (κ2) is 6.56. The van der Waals surface area contributed by atoms with Gasteiger partial charge in [0.2, 0.25) is 0 Å². The molecule has 0 aliphatic carbocycles. The van der Waals surface area contributed by atoms with Crippen molar-refractivity contribution in [3.63, 3.8) is 0 Å². The van der Waals surface area contributed by atoms with Crippen LogP contribution in [-0.2, 0) is 6.42 Å². The third-order valence-electron chi connectivity index (χ3n) is 4.14. The smallest absolute Gasteiger partial charge is 0.276 e. The molecule has 0 N–H and O–H groups in total. The highest BCUT2D eigenvalue weighted by molar-refractivity contribution is 5.92. The number of nitrogens with zero attached hydrogens (tertiary/aromatic N) is 3. The van der Waals surface area contributed by atoms with Crippen LogP contribution in [0.2, 0.25) is 0 Å². The Labute approximate surface area is 135 Å². The van der Waals surface area contributed by atoms with Gasteiger partial charge in [-0.15, -0.1) is 0 Å². The predicted molar refractivity (Wildman–Crippen MR) is 83.9 cm³/mol. The zero-order chi connectivity index (χ0) is 16.4. The number of hydrogen-bond donors (Lipinski definition) is 0. The molecule has 1 aliphatic rings. The molecular formula is C17H23N3O3. The normalized spacial score (nSPS) is 18.6. The summed E-state index contributed by atoms with van der Waals surface area (Å²) in [6, 6.07) is 3.63. The molecule has 0 radical (unpaired) electrons. The average molecular weight is 317 g/mol. The first-order valence-corrected chi connectivity index (χ1v) is 8.24. The molecule has 6 nitrogen and oxygen atoms in total. The molecule has 23 heavy (non-hydrogen) atoms. The van der Waals surface area contributed by atoms with Gasteiger partial charge in [-0.25, -0.2) is 0 Å². The van der Waals surface area contributed by atoms with Crippen molar-refractivity contribution in [1.29, 1.82) is 0 Å². The first kappa shape index (κ1) is 15.8. The van der Waals surface area contributed by atoms with Crippen LogP contribution < -0.4 is 0 Å². The Hall–Kier alpha value is -2.11. The number of rotatable bonds is 4. The molecule has 0 saturated carbocycles. The lowest BCUT2D eigenvalue weighted by Crippen LogP contribution is -2.38. The van der Waals surface area contributed by atoms with Crippen LogP contribution in [0.15, 0.2) is 21.2 Å². The highest BCUT2D eigenvalue weighted by Crippen LogP contribution is 2.31. The molecule has 1 unspecified atom stereocenters. The monoisotopic (exact) mass is 317 g/mol. The average Bonchev–Trinajstić information content (AvgIpc) is 3.15. The first-order chi connectivity index (χ1) is 11.0. The fourth-order valence-corrected chi connectivity index (χ4v) is 3.08. The van der Waals surface area contributed by atoms with Crippen LogP contribution in [0.4, 0.5) is 0 Å². The molecule has 1 saturated heterocycles. The maximum atomic E-state index is 12.8. The topological polar surface area (TPSA) is 72.4 Å². The third kappa shape index (κ3) is 3.46. The predicted octanol–water partition coefficient (Wildman–Crippen LogP) is 3.54. The van der Waals surface area contributed by atoms with Gasteiger partial charge >= 0.3 is 0 Å². The summed E-state index contributed by atoms with van der Waals surface area (Å²) < 4.78 is 10.5. The van der Waals surface area contributed by atoms with Gasteiger partial charge in [0.15, 0.2) is 5.69 Å². The van der Waals surface area contributed by atoms with E-state index in [1.165, 1.54) is 0 Å². The largest absolute Gasteiger partial charge is 0.361 e. The first-order valence-electron chi connectivity index (χ1n) is 8.24. The van der Waals surface area contributed by atoms with Gasteiger partial charge in [-0.3, -0.25) is 4.79 Å². The summed E-state index contributed by atoms with van der Waals surface area (Å²) in [5.41, 5.74) is 1.20. The molecule has 3 rings (SSSR count). The minimum Gasteiger partial charge on any atom is -0.361 e. The van der Waals surface area contributed by atoms with Crippen LogP contribution in [-0.4, -0.2) is 27.7 Å². The molecule has 2 aromatic rings. The minimum absolute atomic E-state index is 0.0426. The van der Waals surface area contributed by atoms with Crippen molar-refractivity contribution in [2.75, 3.05) is 6.54 Å². The van der Waals surface area contributed by atoms with E-state index in [0.29, 0.717) is 18.2 Å². The van der Waals surface area contributed by atoms with Crippen LogP contribution in [0.3, 0.4) is 0 Å². The van der Waals surface area contributed by atoms with Crippen molar-refractivity contribution < 1.29 is 13.8 Å². The molecule has 0 aromatic carbocycles. The van der Waals surface area contributed by atoms with E-state index in [-0.39, 0.29) is 11.9 Å². The molecule has 0 bridgehead atoms. The van der Waals surface area contributed by atoms with Crippen molar-refractivity contribution in [2.45, 2.75) is 52.5 Å². The zero-order valence-corrected chi connectivity index (χ0v) is 13.9. The van der Waals surface area contributed by atoms with Crippen LogP contribution in [0.5, 0.6) is 0 Å². The Kier molecular flexibility index (Phi) is 4.50. The number of hydrogen-bond acceptors (Lipinski definition) is 5. The molecule has 1 amide bonds. The second-order valence-electron chi connectivity index (χ2n) is 6.65. The van der Waals surface area contributed by atoms with Gasteiger partial charge in [0.25, 0.3) is 5.91 Å². The van der Waals surface area contributed by atoms with Crippen LogP contribution >= 0.6 is 0 Å². The Morgan fingerprint density at radius 3 is 2.83 bits per heavy atom. The van der Waals surface area contributed by atoms with E-state index in [0.717, 1.165) is 42.9 Å². The summed E-state index contributed by atoms with van der Waals surface area (Å²) in [4.78, 5) is 14.7. The Morgan fingerprint density at radius 1 is 1.30 bits per heavy atom. The maximum absolute atomic E-state index is 12.8. The Bertz CT molecular complexity index is 674. The lowest BCUT2D eigenvalue weighted by atomic mass is 9.98. The molecule has 2 aromatic heterocycles. The summed E-state index contributed by atoms with van der Waals surface area (Å²) in [5.74, 6) is 1.90. The SMILES string of the molecule is Cc1cc(C2CCCCN2C(=O)c2cc(CC(C)C)on2)no1. The number of likely N-dealkylation sites (tertiary alicyclic amines) is 1. The van der Waals surface area contributed by atoms with Crippen LogP contribution in [0.1, 0.15) is 66.9 Å². The number of piperidine rings is 1. The van der Waals surface area contributed by atoms with E-state index in [9.17, 15) is 4.79 Å². The van der Waals surface area contributed by atoms with Crippen LogP contribution in [0.25, 0.3) is 0 Å².